The van der Waals surface area contributed by atoms with Crippen molar-refractivity contribution in [3.8, 4) is 0 Å². The van der Waals surface area contributed by atoms with Crippen LogP contribution in [-0.4, -0.2) is 22.7 Å². The molecular formula is C15H21N3OS. The Labute approximate surface area is 123 Å². The van der Waals surface area contributed by atoms with Crippen molar-refractivity contribution >= 4 is 32.9 Å². The van der Waals surface area contributed by atoms with Crippen LogP contribution >= 0.6 is 11.3 Å². The number of aliphatic hydroxyl groups is 1. The molecule has 1 aromatic carbocycles. The molecule has 1 aliphatic rings. The van der Waals surface area contributed by atoms with Gasteiger partial charge in [0.2, 0.25) is 0 Å². The highest BCUT2D eigenvalue weighted by Gasteiger charge is 2.20. The number of rotatable bonds is 3. The fourth-order valence-electron chi connectivity index (χ4n) is 2.96. The van der Waals surface area contributed by atoms with Crippen molar-refractivity contribution in [3.05, 3.63) is 17.1 Å². The maximum Gasteiger partial charge on any atom is 0.0907 e. The average Bonchev–Trinajstić information content (AvgIpc) is 2.75. The molecule has 2 atom stereocenters. The summed E-state index contributed by atoms with van der Waals surface area (Å²) in [4.78, 5) is 4.50. The van der Waals surface area contributed by atoms with Gasteiger partial charge in [-0.25, -0.2) is 4.98 Å². The minimum Gasteiger partial charge on any atom is -0.397 e. The van der Waals surface area contributed by atoms with Crippen LogP contribution in [0.3, 0.4) is 0 Å². The number of nitrogens with one attached hydrogen (secondary N) is 1. The van der Waals surface area contributed by atoms with Crippen molar-refractivity contribution < 1.29 is 5.11 Å². The number of nitrogens with zero attached hydrogens (tertiary/aromatic N) is 1. The summed E-state index contributed by atoms with van der Waals surface area (Å²) in [7, 11) is 0. The predicted octanol–water partition coefficient (Wildman–Crippen LogP) is 3.15. The number of aliphatic hydroxyl groups excluding tert-OH is 1. The first-order valence-electron chi connectivity index (χ1n) is 7.20. The van der Waals surface area contributed by atoms with Crippen LogP contribution in [0.5, 0.6) is 0 Å². The van der Waals surface area contributed by atoms with Crippen LogP contribution in [0.1, 0.15) is 30.7 Å². The summed E-state index contributed by atoms with van der Waals surface area (Å²) in [5, 5.41) is 14.2. The van der Waals surface area contributed by atoms with Gasteiger partial charge in [-0.2, -0.15) is 0 Å². The van der Waals surface area contributed by atoms with E-state index < -0.39 is 0 Å². The molecule has 1 saturated carbocycles. The lowest BCUT2D eigenvalue weighted by Crippen LogP contribution is -2.25. The largest absolute Gasteiger partial charge is 0.397 e. The normalized spacial score (nSPS) is 23.1. The van der Waals surface area contributed by atoms with Crippen LogP contribution in [0, 0.1) is 12.8 Å². The minimum absolute atomic E-state index is 0.128. The Balaban J connectivity index is 1.71. The van der Waals surface area contributed by atoms with Crippen molar-refractivity contribution in [1.82, 2.24) is 4.98 Å². The monoisotopic (exact) mass is 291 g/mol. The molecule has 0 radical (unpaired) electrons. The first-order chi connectivity index (χ1) is 9.61. The predicted molar refractivity (Wildman–Crippen MR) is 85.2 cm³/mol. The van der Waals surface area contributed by atoms with E-state index in [0.29, 0.717) is 5.92 Å². The Hall–Kier alpha value is -1.33. The standard InChI is InChI=1S/C15H21N3OS/c1-9-18-14-7-13(12(16)6-15(14)20-9)17-8-10-3-2-4-11(19)5-10/h6-7,10-11,17,19H,2-5,8,16H2,1H3. The number of anilines is 2. The smallest absolute Gasteiger partial charge is 0.0907 e. The van der Waals surface area contributed by atoms with Gasteiger partial charge in [0.25, 0.3) is 0 Å². The summed E-state index contributed by atoms with van der Waals surface area (Å²) in [5.74, 6) is 0.533. The number of fused-ring (bicyclic) bond motifs is 1. The summed E-state index contributed by atoms with van der Waals surface area (Å²) < 4.78 is 1.14. The molecule has 2 unspecified atom stereocenters. The number of benzene rings is 1. The number of nitrogen functional groups attached to an aromatic ring is 1. The Morgan fingerprint density at radius 3 is 3.10 bits per heavy atom. The minimum atomic E-state index is -0.128. The number of aromatic nitrogens is 1. The van der Waals surface area contributed by atoms with E-state index in [0.717, 1.165) is 52.4 Å². The van der Waals surface area contributed by atoms with E-state index in [1.54, 1.807) is 11.3 Å². The topological polar surface area (TPSA) is 71.2 Å². The molecule has 0 bridgehead atoms. The lowest BCUT2D eigenvalue weighted by molar-refractivity contribution is 0.105. The molecule has 1 fully saturated rings. The summed E-state index contributed by atoms with van der Waals surface area (Å²) in [6.07, 6.45) is 4.01. The lowest BCUT2D eigenvalue weighted by atomic mass is 9.87. The molecule has 3 rings (SSSR count). The van der Waals surface area contributed by atoms with Crippen molar-refractivity contribution in [1.29, 1.82) is 0 Å². The second-order valence-electron chi connectivity index (χ2n) is 5.71. The molecule has 2 aromatic rings. The molecule has 108 valence electrons. The number of hydrogen-bond acceptors (Lipinski definition) is 5. The van der Waals surface area contributed by atoms with E-state index in [9.17, 15) is 5.11 Å². The molecule has 0 saturated heterocycles. The van der Waals surface area contributed by atoms with E-state index in [1.165, 1.54) is 6.42 Å². The van der Waals surface area contributed by atoms with E-state index >= 15 is 0 Å². The fraction of sp³-hybridized carbons (Fsp3) is 0.533. The highest BCUT2D eigenvalue weighted by Crippen LogP contribution is 2.31. The summed E-state index contributed by atoms with van der Waals surface area (Å²) in [6.45, 7) is 2.88. The van der Waals surface area contributed by atoms with E-state index in [4.69, 9.17) is 5.73 Å². The first-order valence-corrected chi connectivity index (χ1v) is 8.02. The van der Waals surface area contributed by atoms with Crippen molar-refractivity contribution in [2.24, 2.45) is 5.92 Å². The van der Waals surface area contributed by atoms with Crippen molar-refractivity contribution in [2.75, 3.05) is 17.6 Å². The third-order valence-corrected chi connectivity index (χ3v) is 4.94. The van der Waals surface area contributed by atoms with Gasteiger partial charge in [0.05, 0.1) is 32.7 Å². The van der Waals surface area contributed by atoms with Gasteiger partial charge in [-0.1, -0.05) is 6.42 Å². The van der Waals surface area contributed by atoms with Gasteiger partial charge in [-0.15, -0.1) is 11.3 Å². The van der Waals surface area contributed by atoms with E-state index in [1.807, 2.05) is 19.1 Å². The molecule has 4 nitrogen and oxygen atoms in total. The Morgan fingerprint density at radius 1 is 1.45 bits per heavy atom. The molecule has 0 amide bonds. The van der Waals surface area contributed by atoms with Crippen molar-refractivity contribution in [3.63, 3.8) is 0 Å². The Kier molecular flexibility index (Phi) is 3.81. The third kappa shape index (κ3) is 2.88. The van der Waals surface area contributed by atoms with Crippen LogP contribution < -0.4 is 11.1 Å². The van der Waals surface area contributed by atoms with Crippen LogP contribution in [-0.2, 0) is 0 Å². The molecule has 4 N–H and O–H groups in total. The maximum absolute atomic E-state index is 9.71. The molecule has 1 heterocycles. The number of hydrogen-bond donors (Lipinski definition) is 3. The van der Waals surface area contributed by atoms with E-state index in [-0.39, 0.29) is 6.10 Å². The average molecular weight is 291 g/mol. The number of aryl methyl sites for hydroxylation is 1. The molecule has 1 aromatic heterocycles. The molecule has 0 aliphatic heterocycles. The van der Waals surface area contributed by atoms with Crippen LogP contribution in [0.25, 0.3) is 10.2 Å². The molecule has 20 heavy (non-hydrogen) atoms. The van der Waals surface area contributed by atoms with Gasteiger partial charge in [-0.05, 0) is 44.2 Å². The molecule has 0 spiro atoms. The van der Waals surface area contributed by atoms with E-state index in [2.05, 4.69) is 10.3 Å². The first kappa shape index (κ1) is 13.6. The fourth-order valence-corrected chi connectivity index (χ4v) is 3.82. The van der Waals surface area contributed by atoms with Gasteiger partial charge in [0.1, 0.15) is 0 Å². The molecule has 1 aliphatic carbocycles. The highest BCUT2D eigenvalue weighted by molar-refractivity contribution is 7.18. The maximum atomic E-state index is 9.71. The zero-order valence-corrected chi connectivity index (χ0v) is 12.5. The lowest BCUT2D eigenvalue weighted by Gasteiger charge is -2.26. The third-order valence-electron chi connectivity index (χ3n) is 4.00. The highest BCUT2D eigenvalue weighted by atomic mass is 32.1. The number of nitrogens with two attached hydrogens (primary N) is 1. The second kappa shape index (κ2) is 5.58. The Morgan fingerprint density at radius 2 is 2.30 bits per heavy atom. The quantitative estimate of drug-likeness (QED) is 0.760. The summed E-state index contributed by atoms with van der Waals surface area (Å²) in [6, 6.07) is 4.03. The molecule has 5 heteroatoms. The Bertz CT molecular complexity index is 610. The van der Waals surface area contributed by atoms with Gasteiger partial charge in [-0.3, -0.25) is 0 Å². The van der Waals surface area contributed by atoms with Crippen LogP contribution in [0.4, 0.5) is 11.4 Å². The zero-order chi connectivity index (χ0) is 14.1. The summed E-state index contributed by atoms with van der Waals surface area (Å²) in [5.41, 5.74) is 8.85. The van der Waals surface area contributed by atoms with Gasteiger partial charge >= 0.3 is 0 Å². The second-order valence-corrected chi connectivity index (χ2v) is 6.94. The number of thiazole rings is 1. The van der Waals surface area contributed by atoms with Gasteiger partial charge < -0.3 is 16.2 Å². The SMILES string of the molecule is Cc1nc2cc(NCC3CCCC(O)C3)c(N)cc2s1. The summed E-state index contributed by atoms with van der Waals surface area (Å²) >= 11 is 1.67. The van der Waals surface area contributed by atoms with Crippen LogP contribution in [0.2, 0.25) is 0 Å². The zero-order valence-electron chi connectivity index (χ0n) is 11.7. The van der Waals surface area contributed by atoms with Crippen LogP contribution in [0.15, 0.2) is 12.1 Å². The van der Waals surface area contributed by atoms with Gasteiger partial charge in [0.15, 0.2) is 0 Å². The molecular weight excluding hydrogens is 270 g/mol. The van der Waals surface area contributed by atoms with Gasteiger partial charge in [0, 0.05) is 6.54 Å². The van der Waals surface area contributed by atoms with Crippen molar-refractivity contribution in [2.45, 2.75) is 38.7 Å².